The van der Waals surface area contributed by atoms with Crippen LogP contribution in [-0.2, 0) is 19.4 Å². The van der Waals surface area contributed by atoms with Crippen LogP contribution in [0.15, 0.2) is 78.9 Å². The van der Waals surface area contributed by atoms with Crippen LogP contribution in [0, 0.1) is 6.57 Å². The minimum absolute atomic E-state index is 0.251. The monoisotopic (exact) mass is 578 g/mol. The molecular formula is C33H43N2O5P. The van der Waals surface area contributed by atoms with Gasteiger partial charge in [0, 0.05) is 12.1 Å². The van der Waals surface area contributed by atoms with Crippen molar-refractivity contribution in [1.82, 2.24) is 4.67 Å². The van der Waals surface area contributed by atoms with E-state index < -0.39 is 14.1 Å². The minimum atomic E-state index is -1.30. The summed E-state index contributed by atoms with van der Waals surface area (Å²) in [7, 11) is 2.04. The number of nitrogens with zero attached hydrogens (tertiary/aromatic N) is 2. The first-order chi connectivity index (χ1) is 19.9. The highest BCUT2D eigenvalue weighted by Gasteiger charge is 2.38. The van der Waals surface area contributed by atoms with Gasteiger partial charge in [-0.2, -0.15) is 0 Å². The van der Waals surface area contributed by atoms with E-state index in [0.717, 1.165) is 28.2 Å². The average Bonchev–Trinajstić information content (AvgIpc) is 2.99. The second-order valence-corrected chi connectivity index (χ2v) is 11.5. The van der Waals surface area contributed by atoms with Crippen LogP contribution in [0.5, 0.6) is 11.5 Å². The van der Waals surface area contributed by atoms with E-state index in [9.17, 15) is 0 Å². The first kappa shape index (κ1) is 32.5. The number of hydrogen-bond donors (Lipinski definition) is 0. The molecule has 7 nitrogen and oxygen atoms in total. The van der Waals surface area contributed by atoms with Gasteiger partial charge in [-0.1, -0.05) is 54.6 Å². The maximum Gasteiger partial charge on any atom is 0.259 e. The lowest BCUT2D eigenvalue weighted by Crippen LogP contribution is -2.34. The van der Waals surface area contributed by atoms with Crippen molar-refractivity contribution in [1.29, 1.82) is 0 Å². The van der Waals surface area contributed by atoms with E-state index in [1.165, 1.54) is 0 Å². The van der Waals surface area contributed by atoms with Crippen molar-refractivity contribution in [3.8, 4) is 11.5 Å². The first-order valence-corrected chi connectivity index (χ1v) is 15.2. The standard InChI is InChI=1S/C33H43N2O5P/c1-26(2)35(27(3)4)41(40-25-22-34-5)39-24-11-23-38-33(28-12-9-8-10-13-28,29-14-18-31(36-6)19-15-29)30-16-20-32(37-7)21-17-30/h8-10,12-21,26-27H,11,22-25H2,1-4,6-7H3. The molecule has 0 saturated heterocycles. The zero-order valence-electron chi connectivity index (χ0n) is 25.1. The molecule has 0 amide bonds. The van der Waals surface area contributed by atoms with Gasteiger partial charge in [0.25, 0.3) is 8.53 Å². The third-order valence-corrected chi connectivity index (χ3v) is 8.74. The van der Waals surface area contributed by atoms with E-state index in [2.05, 4.69) is 73.6 Å². The second-order valence-electron chi connectivity index (χ2n) is 10.1. The molecule has 0 aliphatic heterocycles. The lowest BCUT2D eigenvalue weighted by atomic mass is 9.80. The molecule has 0 heterocycles. The predicted octanol–water partition coefficient (Wildman–Crippen LogP) is 7.70. The van der Waals surface area contributed by atoms with Crippen molar-refractivity contribution in [2.75, 3.05) is 40.6 Å². The molecule has 220 valence electrons. The van der Waals surface area contributed by atoms with Gasteiger partial charge in [-0.05, 0) is 75.1 Å². The highest BCUT2D eigenvalue weighted by atomic mass is 31.2. The summed E-state index contributed by atoms with van der Waals surface area (Å²) >= 11 is 0. The van der Waals surface area contributed by atoms with Gasteiger partial charge in [0.2, 0.25) is 6.54 Å². The molecule has 0 aromatic heterocycles. The molecule has 0 spiro atoms. The average molecular weight is 579 g/mol. The lowest BCUT2D eigenvalue weighted by molar-refractivity contribution is 0.00634. The summed E-state index contributed by atoms with van der Waals surface area (Å²) in [5.74, 6) is 1.57. The molecule has 8 heteroatoms. The van der Waals surface area contributed by atoms with Crippen LogP contribution < -0.4 is 9.47 Å². The molecule has 3 rings (SSSR count). The third kappa shape index (κ3) is 8.52. The van der Waals surface area contributed by atoms with Crippen LogP contribution in [0.3, 0.4) is 0 Å². The highest BCUT2D eigenvalue weighted by Crippen LogP contribution is 2.46. The molecule has 0 radical (unpaired) electrons. The van der Waals surface area contributed by atoms with Crippen molar-refractivity contribution < 1.29 is 23.3 Å². The molecular weight excluding hydrogens is 535 g/mol. The summed E-state index contributed by atoms with van der Waals surface area (Å²) in [5, 5.41) is 0. The summed E-state index contributed by atoms with van der Waals surface area (Å²) in [4.78, 5) is 3.43. The van der Waals surface area contributed by atoms with E-state index in [0.29, 0.717) is 32.8 Å². The largest absolute Gasteiger partial charge is 0.497 e. The molecule has 0 saturated carbocycles. The number of methoxy groups -OCH3 is 2. The smallest absolute Gasteiger partial charge is 0.259 e. The van der Waals surface area contributed by atoms with Gasteiger partial charge in [-0.25, -0.2) is 11.2 Å². The Balaban J connectivity index is 1.88. The minimum Gasteiger partial charge on any atom is -0.497 e. The quantitative estimate of drug-likeness (QED) is 0.0708. The van der Waals surface area contributed by atoms with E-state index in [1.54, 1.807) is 14.2 Å². The number of rotatable bonds is 17. The fraction of sp³-hybridized carbons (Fsp3) is 0.424. The number of benzene rings is 3. The molecule has 41 heavy (non-hydrogen) atoms. The normalized spacial score (nSPS) is 12.5. The van der Waals surface area contributed by atoms with E-state index >= 15 is 0 Å². The Morgan fingerprint density at radius 3 is 1.66 bits per heavy atom. The van der Waals surface area contributed by atoms with Gasteiger partial charge in [0.05, 0.1) is 27.4 Å². The van der Waals surface area contributed by atoms with Gasteiger partial charge < -0.3 is 28.1 Å². The van der Waals surface area contributed by atoms with Crippen LogP contribution in [0.1, 0.15) is 50.8 Å². The Labute approximate surface area is 247 Å². The maximum absolute atomic E-state index is 7.10. The van der Waals surface area contributed by atoms with Crippen molar-refractivity contribution in [2.24, 2.45) is 0 Å². The summed E-state index contributed by atoms with van der Waals surface area (Å²) in [6, 6.07) is 26.8. The van der Waals surface area contributed by atoms with Gasteiger partial charge in [0.1, 0.15) is 23.7 Å². The SMILES string of the molecule is [C-]#[N+]CCOP(OCCCOC(c1ccccc1)(c1ccc(OC)cc1)c1ccc(OC)cc1)N(C(C)C)C(C)C. The zero-order chi connectivity index (χ0) is 29.7. The van der Waals surface area contributed by atoms with E-state index in [1.807, 2.05) is 42.5 Å². The summed E-state index contributed by atoms with van der Waals surface area (Å²) in [6.07, 6.45) is 0.663. The van der Waals surface area contributed by atoms with Crippen molar-refractivity contribution in [2.45, 2.75) is 51.8 Å². The predicted molar refractivity (Wildman–Crippen MR) is 165 cm³/mol. The molecule has 1 atom stereocenters. The van der Waals surface area contributed by atoms with Crippen molar-refractivity contribution >= 4 is 8.53 Å². The zero-order valence-corrected chi connectivity index (χ0v) is 26.0. The molecule has 0 bridgehead atoms. The fourth-order valence-corrected chi connectivity index (χ4v) is 6.43. The molecule has 1 unspecified atom stereocenters. The number of hydrogen-bond acceptors (Lipinski definition) is 6. The second kappa shape index (κ2) is 16.5. The Morgan fingerprint density at radius 1 is 0.707 bits per heavy atom. The molecule has 0 aliphatic carbocycles. The summed E-state index contributed by atoms with van der Waals surface area (Å²) in [6.45, 7) is 17.2. The third-order valence-electron chi connectivity index (χ3n) is 6.63. The van der Waals surface area contributed by atoms with Crippen LogP contribution in [0.25, 0.3) is 4.85 Å². The van der Waals surface area contributed by atoms with Gasteiger partial charge >= 0.3 is 0 Å². The van der Waals surface area contributed by atoms with Crippen LogP contribution >= 0.6 is 8.53 Å². The highest BCUT2D eigenvalue weighted by molar-refractivity contribution is 7.44. The Kier molecular flexibility index (Phi) is 13.1. The molecule has 0 fully saturated rings. The Hall–Kier alpha value is -2.98. The van der Waals surface area contributed by atoms with Crippen LogP contribution in [0.2, 0.25) is 0 Å². The van der Waals surface area contributed by atoms with E-state index in [-0.39, 0.29) is 12.1 Å². The maximum atomic E-state index is 7.10. The van der Waals surface area contributed by atoms with Crippen molar-refractivity contribution in [3.05, 3.63) is 107 Å². The number of ether oxygens (including phenoxy) is 3. The first-order valence-electron chi connectivity index (χ1n) is 14.0. The van der Waals surface area contributed by atoms with Crippen LogP contribution in [-0.4, -0.2) is 57.3 Å². The van der Waals surface area contributed by atoms with Gasteiger partial charge in [0.15, 0.2) is 0 Å². The summed E-state index contributed by atoms with van der Waals surface area (Å²) in [5.41, 5.74) is 2.14. The van der Waals surface area contributed by atoms with E-state index in [4.69, 9.17) is 29.8 Å². The Bertz CT molecular complexity index is 1140. The molecule has 3 aromatic carbocycles. The van der Waals surface area contributed by atoms with Crippen molar-refractivity contribution in [3.63, 3.8) is 0 Å². The van der Waals surface area contributed by atoms with Gasteiger partial charge in [-0.15, -0.1) is 0 Å². The fourth-order valence-electron chi connectivity index (χ4n) is 4.81. The summed E-state index contributed by atoms with van der Waals surface area (Å²) < 4.78 is 32.4. The van der Waals surface area contributed by atoms with Crippen LogP contribution in [0.4, 0.5) is 0 Å². The lowest BCUT2D eigenvalue weighted by Gasteiger charge is -2.37. The topological polar surface area (TPSA) is 53.8 Å². The Morgan fingerprint density at radius 2 is 1.20 bits per heavy atom. The molecule has 0 aliphatic rings. The molecule has 0 N–H and O–H groups in total. The van der Waals surface area contributed by atoms with Gasteiger partial charge in [-0.3, -0.25) is 0 Å². The molecule has 3 aromatic rings.